The van der Waals surface area contributed by atoms with Gasteiger partial charge in [0.2, 0.25) is 5.91 Å². The third-order valence-electron chi connectivity index (χ3n) is 4.47. The molecule has 2 aromatic carbocycles. The number of esters is 1. The Hall–Kier alpha value is -2.30. The molecule has 0 bridgehead atoms. The summed E-state index contributed by atoms with van der Waals surface area (Å²) in [5, 5.41) is 0.940. The molecule has 2 aliphatic rings. The highest BCUT2D eigenvalue weighted by atomic mass is 35.5. The number of hydrogen-bond acceptors (Lipinski definition) is 3. The predicted molar refractivity (Wildman–Crippen MR) is 95.7 cm³/mol. The Kier molecular flexibility index (Phi) is 4.02. The van der Waals surface area contributed by atoms with Crippen LogP contribution < -0.4 is 4.90 Å². The van der Waals surface area contributed by atoms with E-state index < -0.39 is 11.9 Å². The van der Waals surface area contributed by atoms with Crippen LogP contribution in [0.15, 0.2) is 59.8 Å². The fraction of sp³-hybridized carbons (Fsp3) is 0.158. The second kappa shape index (κ2) is 6.21. The first kappa shape index (κ1) is 16.2. The van der Waals surface area contributed by atoms with Crippen molar-refractivity contribution in [2.45, 2.75) is 12.3 Å². The normalized spacial score (nSPS) is 19.9. The van der Waals surface area contributed by atoms with Gasteiger partial charge in [0.15, 0.2) is 0 Å². The van der Waals surface area contributed by atoms with E-state index in [2.05, 4.69) is 0 Å². The zero-order valence-corrected chi connectivity index (χ0v) is 14.6. The topological polar surface area (TPSA) is 46.6 Å². The number of halogens is 2. The van der Waals surface area contributed by atoms with Gasteiger partial charge in [-0.25, -0.2) is 4.79 Å². The van der Waals surface area contributed by atoms with E-state index in [-0.39, 0.29) is 18.9 Å². The van der Waals surface area contributed by atoms with E-state index in [1.54, 1.807) is 23.1 Å². The number of cyclic esters (lactones) is 1. The van der Waals surface area contributed by atoms with Crippen LogP contribution in [0.1, 0.15) is 17.9 Å². The molecule has 1 amide bonds. The number of benzene rings is 2. The standard InChI is InChI=1S/C19H13Cl2NO3/c20-11-6-7-13(15(21)8-11)14-9-17(23)22(12-4-2-1-3-5-12)16-10-25-19(24)18(14)16/h1-8,14H,9-10H2. The quantitative estimate of drug-likeness (QED) is 0.736. The number of amides is 1. The average Bonchev–Trinajstić information content (AvgIpc) is 2.97. The number of hydrogen-bond donors (Lipinski definition) is 0. The molecule has 0 aromatic heterocycles. The summed E-state index contributed by atoms with van der Waals surface area (Å²) in [6, 6.07) is 14.3. The molecule has 2 heterocycles. The lowest BCUT2D eigenvalue weighted by atomic mass is 9.84. The molecule has 4 rings (SSSR count). The van der Waals surface area contributed by atoms with Gasteiger partial charge < -0.3 is 4.74 Å². The minimum atomic E-state index is -0.428. The van der Waals surface area contributed by atoms with Gasteiger partial charge in [0.05, 0.1) is 11.3 Å². The third-order valence-corrected chi connectivity index (χ3v) is 5.03. The molecule has 25 heavy (non-hydrogen) atoms. The third kappa shape index (κ3) is 2.71. The molecule has 0 N–H and O–H groups in total. The first-order chi connectivity index (χ1) is 12.1. The molecule has 2 aromatic rings. The van der Waals surface area contributed by atoms with E-state index >= 15 is 0 Å². The summed E-state index contributed by atoms with van der Waals surface area (Å²) in [5.41, 5.74) is 2.51. The SMILES string of the molecule is O=C1OCC2=C1C(c1ccc(Cl)cc1Cl)CC(=O)N2c1ccccc1. The van der Waals surface area contributed by atoms with Gasteiger partial charge in [-0.15, -0.1) is 0 Å². The highest BCUT2D eigenvalue weighted by Gasteiger charge is 2.43. The largest absolute Gasteiger partial charge is 0.456 e. The lowest BCUT2D eigenvalue weighted by Gasteiger charge is -2.32. The smallest absolute Gasteiger partial charge is 0.336 e. The fourth-order valence-corrected chi connectivity index (χ4v) is 3.92. The van der Waals surface area contributed by atoms with Crippen LogP contribution in [0.3, 0.4) is 0 Å². The molecular weight excluding hydrogens is 361 g/mol. The summed E-state index contributed by atoms with van der Waals surface area (Å²) in [5.74, 6) is -0.930. The number of nitrogens with zero attached hydrogens (tertiary/aromatic N) is 1. The van der Waals surface area contributed by atoms with E-state index in [1.165, 1.54) is 0 Å². The second-order valence-electron chi connectivity index (χ2n) is 5.92. The average molecular weight is 374 g/mol. The van der Waals surface area contributed by atoms with Crippen molar-refractivity contribution in [3.8, 4) is 0 Å². The summed E-state index contributed by atoms with van der Waals surface area (Å²) in [7, 11) is 0. The summed E-state index contributed by atoms with van der Waals surface area (Å²) >= 11 is 12.3. The number of para-hydroxylation sites is 1. The number of carbonyl (C=O) groups excluding carboxylic acids is 2. The Labute approximate surface area is 154 Å². The number of anilines is 1. The van der Waals surface area contributed by atoms with Crippen molar-refractivity contribution < 1.29 is 14.3 Å². The van der Waals surface area contributed by atoms with E-state index in [4.69, 9.17) is 27.9 Å². The molecule has 126 valence electrons. The Balaban J connectivity index is 1.85. The van der Waals surface area contributed by atoms with Gasteiger partial charge in [-0.2, -0.15) is 0 Å². The lowest BCUT2D eigenvalue weighted by molar-refractivity contribution is -0.136. The van der Waals surface area contributed by atoms with Gasteiger partial charge in [0.25, 0.3) is 0 Å². The monoisotopic (exact) mass is 373 g/mol. The Morgan fingerprint density at radius 2 is 1.80 bits per heavy atom. The van der Waals surface area contributed by atoms with Crippen molar-refractivity contribution in [3.05, 3.63) is 75.4 Å². The summed E-state index contributed by atoms with van der Waals surface area (Å²) < 4.78 is 5.24. The van der Waals surface area contributed by atoms with Crippen LogP contribution in [0.4, 0.5) is 5.69 Å². The van der Waals surface area contributed by atoms with Crippen LogP contribution in [-0.4, -0.2) is 18.5 Å². The van der Waals surface area contributed by atoms with Crippen molar-refractivity contribution in [1.29, 1.82) is 0 Å². The van der Waals surface area contributed by atoms with Crippen LogP contribution in [-0.2, 0) is 14.3 Å². The highest BCUT2D eigenvalue weighted by Crippen LogP contribution is 2.43. The van der Waals surface area contributed by atoms with Crippen molar-refractivity contribution in [1.82, 2.24) is 0 Å². The first-order valence-corrected chi connectivity index (χ1v) is 8.55. The number of ether oxygens (including phenoxy) is 1. The lowest BCUT2D eigenvalue weighted by Crippen LogP contribution is -2.37. The van der Waals surface area contributed by atoms with Crippen molar-refractivity contribution >= 4 is 40.8 Å². The molecule has 0 aliphatic carbocycles. The van der Waals surface area contributed by atoms with E-state index in [9.17, 15) is 9.59 Å². The molecule has 1 unspecified atom stereocenters. The van der Waals surface area contributed by atoms with E-state index in [0.29, 0.717) is 26.9 Å². The van der Waals surface area contributed by atoms with Crippen molar-refractivity contribution in [2.75, 3.05) is 11.5 Å². The Morgan fingerprint density at radius 1 is 1.04 bits per heavy atom. The van der Waals surface area contributed by atoms with Crippen molar-refractivity contribution in [3.63, 3.8) is 0 Å². The zero-order valence-electron chi connectivity index (χ0n) is 13.0. The number of rotatable bonds is 2. The molecule has 2 aliphatic heterocycles. The second-order valence-corrected chi connectivity index (χ2v) is 6.77. The molecule has 0 saturated heterocycles. The van der Waals surface area contributed by atoms with Crippen LogP contribution >= 0.6 is 23.2 Å². The summed E-state index contributed by atoms with van der Waals surface area (Å²) in [6.07, 6.45) is 0.143. The van der Waals surface area contributed by atoms with E-state index in [0.717, 1.165) is 5.69 Å². The molecule has 0 spiro atoms. The molecular formula is C19H13Cl2NO3. The van der Waals surface area contributed by atoms with Crippen LogP contribution in [0, 0.1) is 0 Å². The summed E-state index contributed by atoms with van der Waals surface area (Å²) in [6.45, 7) is 0.0799. The molecule has 0 fully saturated rings. The molecule has 0 saturated carbocycles. The van der Waals surface area contributed by atoms with E-state index in [1.807, 2.05) is 30.3 Å². The minimum absolute atomic E-state index is 0.0799. The van der Waals surface area contributed by atoms with Crippen LogP contribution in [0.5, 0.6) is 0 Å². The Bertz CT molecular complexity index is 908. The maximum absolute atomic E-state index is 12.9. The zero-order chi connectivity index (χ0) is 17.6. The fourth-order valence-electron chi connectivity index (χ4n) is 3.38. The van der Waals surface area contributed by atoms with Gasteiger partial charge in [0.1, 0.15) is 6.61 Å². The molecule has 0 radical (unpaired) electrons. The maximum Gasteiger partial charge on any atom is 0.336 e. The van der Waals surface area contributed by atoms with Crippen LogP contribution in [0.2, 0.25) is 10.0 Å². The molecule has 4 nitrogen and oxygen atoms in total. The van der Waals surface area contributed by atoms with Gasteiger partial charge in [-0.3, -0.25) is 9.69 Å². The van der Waals surface area contributed by atoms with Gasteiger partial charge >= 0.3 is 5.97 Å². The maximum atomic E-state index is 12.9. The first-order valence-electron chi connectivity index (χ1n) is 7.79. The van der Waals surface area contributed by atoms with Gasteiger partial charge in [-0.1, -0.05) is 47.5 Å². The van der Waals surface area contributed by atoms with Crippen molar-refractivity contribution in [2.24, 2.45) is 0 Å². The molecule has 1 atom stereocenters. The summed E-state index contributed by atoms with van der Waals surface area (Å²) in [4.78, 5) is 26.8. The van der Waals surface area contributed by atoms with Gasteiger partial charge in [0, 0.05) is 28.1 Å². The Morgan fingerprint density at radius 3 is 2.52 bits per heavy atom. The molecule has 6 heteroatoms. The minimum Gasteiger partial charge on any atom is -0.456 e. The van der Waals surface area contributed by atoms with Gasteiger partial charge in [-0.05, 0) is 29.8 Å². The predicted octanol–water partition coefficient (Wildman–Crippen LogP) is 4.32. The van der Waals surface area contributed by atoms with Crippen LogP contribution in [0.25, 0.3) is 0 Å². The number of carbonyl (C=O) groups is 2. The highest BCUT2D eigenvalue weighted by molar-refractivity contribution is 6.35.